The van der Waals surface area contributed by atoms with Crippen LogP contribution in [-0.2, 0) is 9.53 Å². The molecule has 1 aromatic carbocycles. The minimum atomic E-state index is -0.643. The molecule has 0 bridgehead atoms. The van der Waals surface area contributed by atoms with E-state index in [-0.39, 0.29) is 18.6 Å². The fourth-order valence-corrected chi connectivity index (χ4v) is 1.55. The average molecular weight is 252 g/mol. The van der Waals surface area contributed by atoms with Gasteiger partial charge in [-0.25, -0.2) is 0 Å². The minimum absolute atomic E-state index is 0.105. The molecule has 1 rings (SSSR count). The fourth-order valence-electron chi connectivity index (χ4n) is 1.55. The molecule has 0 aliphatic rings. The van der Waals surface area contributed by atoms with Crippen molar-refractivity contribution in [3.8, 4) is 5.75 Å². The van der Waals surface area contributed by atoms with E-state index in [4.69, 9.17) is 15.2 Å². The first-order chi connectivity index (χ1) is 8.58. The van der Waals surface area contributed by atoms with Crippen LogP contribution in [0.1, 0.15) is 18.5 Å². The molecule has 5 nitrogen and oxygen atoms in total. The summed E-state index contributed by atoms with van der Waals surface area (Å²) in [6, 6.07) is 6.78. The number of rotatable bonds is 6. The monoisotopic (exact) mass is 252 g/mol. The van der Waals surface area contributed by atoms with Crippen molar-refractivity contribution in [1.82, 2.24) is 5.32 Å². The maximum atomic E-state index is 11.7. The summed E-state index contributed by atoms with van der Waals surface area (Å²) in [6.07, 6.45) is 0. The summed E-state index contributed by atoms with van der Waals surface area (Å²) in [6.45, 7) is 2.11. The Morgan fingerprint density at radius 2 is 1.94 bits per heavy atom. The van der Waals surface area contributed by atoms with E-state index >= 15 is 0 Å². The van der Waals surface area contributed by atoms with Crippen molar-refractivity contribution in [2.24, 2.45) is 5.73 Å². The largest absolute Gasteiger partial charge is 0.497 e. The van der Waals surface area contributed by atoms with Crippen molar-refractivity contribution in [2.75, 3.05) is 20.8 Å². The first-order valence-corrected chi connectivity index (χ1v) is 5.77. The number of carbonyl (C=O) groups excluding carboxylic acids is 1. The zero-order valence-corrected chi connectivity index (χ0v) is 11.0. The highest BCUT2D eigenvalue weighted by Gasteiger charge is 2.16. The molecule has 3 N–H and O–H groups in total. The Kier molecular flexibility index (Phi) is 5.61. The molecular formula is C13H20N2O3. The lowest BCUT2D eigenvalue weighted by molar-refractivity contribution is -0.124. The molecule has 0 aliphatic carbocycles. The number of hydrogen-bond donors (Lipinski definition) is 2. The molecule has 0 aliphatic heterocycles. The summed E-state index contributed by atoms with van der Waals surface area (Å²) in [5.74, 6) is 0.563. The third-order valence-corrected chi connectivity index (χ3v) is 2.66. The summed E-state index contributed by atoms with van der Waals surface area (Å²) >= 11 is 0. The van der Waals surface area contributed by atoms with Gasteiger partial charge in [-0.1, -0.05) is 12.1 Å². The molecule has 2 atom stereocenters. The molecule has 100 valence electrons. The molecule has 1 aromatic rings. The molecule has 0 radical (unpaired) electrons. The van der Waals surface area contributed by atoms with Crippen LogP contribution < -0.4 is 15.8 Å². The van der Waals surface area contributed by atoms with Gasteiger partial charge in [0.15, 0.2) is 0 Å². The predicted molar refractivity (Wildman–Crippen MR) is 69.4 cm³/mol. The van der Waals surface area contributed by atoms with Crippen molar-refractivity contribution in [3.63, 3.8) is 0 Å². The summed E-state index contributed by atoms with van der Waals surface area (Å²) in [4.78, 5) is 11.7. The van der Waals surface area contributed by atoms with Crippen LogP contribution in [0.4, 0.5) is 0 Å². The second-order valence-electron chi connectivity index (χ2n) is 4.07. The number of methoxy groups -OCH3 is 2. The van der Waals surface area contributed by atoms with Gasteiger partial charge in [0.25, 0.3) is 0 Å². The lowest BCUT2D eigenvalue weighted by atomic mass is 10.1. The number of hydrogen-bond acceptors (Lipinski definition) is 4. The van der Waals surface area contributed by atoms with Crippen LogP contribution in [0.25, 0.3) is 0 Å². The highest BCUT2D eigenvalue weighted by Crippen LogP contribution is 2.17. The predicted octanol–water partition coefficient (Wildman–Crippen LogP) is 0.846. The zero-order valence-electron chi connectivity index (χ0n) is 11.0. The standard InChI is InChI=1S/C13H20N2O3/c1-9(15-13(16)12(14)8-17-2)10-4-6-11(18-3)7-5-10/h4-7,9,12H,8,14H2,1-3H3,(H,15,16)/t9?,12-/m0/s1. The van der Waals surface area contributed by atoms with Crippen LogP contribution in [0.15, 0.2) is 24.3 Å². The van der Waals surface area contributed by atoms with E-state index < -0.39 is 6.04 Å². The van der Waals surface area contributed by atoms with Gasteiger partial charge < -0.3 is 20.5 Å². The van der Waals surface area contributed by atoms with Crippen LogP contribution >= 0.6 is 0 Å². The molecular weight excluding hydrogens is 232 g/mol. The highest BCUT2D eigenvalue weighted by atomic mass is 16.5. The zero-order chi connectivity index (χ0) is 13.5. The van der Waals surface area contributed by atoms with E-state index in [1.807, 2.05) is 31.2 Å². The number of amides is 1. The third-order valence-electron chi connectivity index (χ3n) is 2.66. The molecule has 0 spiro atoms. The smallest absolute Gasteiger partial charge is 0.239 e. The summed E-state index contributed by atoms with van der Waals surface area (Å²) in [7, 11) is 3.13. The number of ether oxygens (including phenoxy) is 2. The SMILES string of the molecule is COC[C@H](N)C(=O)NC(C)c1ccc(OC)cc1. The molecule has 5 heteroatoms. The topological polar surface area (TPSA) is 73.6 Å². The lowest BCUT2D eigenvalue weighted by Gasteiger charge is -2.17. The normalized spacial score (nSPS) is 13.8. The van der Waals surface area contributed by atoms with Gasteiger partial charge in [0.2, 0.25) is 5.91 Å². The summed E-state index contributed by atoms with van der Waals surface area (Å²) in [5, 5.41) is 2.83. The molecule has 0 aromatic heterocycles. The van der Waals surface area contributed by atoms with Crippen molar-refractivity contribution < 1.29 is 14.3 Å². The van der Waals surface area contributed by atoms with Gasteiger partial charge in [0, 0.05) is 7.11 Å². The average Bonchev–Trinajstić information content (AvgIpc) is 2.39. The highest BCUT2D eigenvalue weighted by molar-refractivity contribution is 5.82. The second kappa shape index (κ2) is 6.98. The van der Waals surface area contributed by atoms with E-state index in [1.54, 1.807) is 7.11 Å². The van der Waals surface area contributed by atoms with E-state index in [0.717, 1.165) is 11.3 Å². The van der Waals surface area contributed by atoms with Gasteiger partial charge in [-0.15, -0.1) is 0 Å². The van der Waals surface area contributed by atoms with E-state index in [9.17, 15) is 4.79 Å². The van der Waals surface area contributed by atoms with Gasteiger partial charge in [-0.2, -0.15) is 0 Å². The van der Waals surface area contributed by atoms with Gasteiger partial charge >= 0.3 is 0 Å². The van der Waals surface area contributed by atoms with Crippen LogP contribution in [0, 0.1) is 0 Å². The van der Waals surface area contributed by atoms with E-state index in [1.165, 1.54) is 7.11 Å². The Morgan fingerprint density at radius 3 is 2.44 bits per heavy atom. The van der Waals surface area contributed by atoms with Crippen molar-refractivity contribution in [3.05, 3.63) is 29.8 Å². The maximum absolute atomic E-state index is 11.7. The van der Waals surface area contributed by atoms with Crippen LogP contribution in [-0.4, -0.2) is 32.8 Å². The van der Waals surface area contributed by atoms with E-state index in [2.05, 4.69) is 5.32 Å². The third kappa shape index (κ3) is 4.01. The van der Waals surface area contributed by atoms with Gasteiger partial charge in [0.1, 0.15) is 11.8 Å². The molecule has 0 saturated carbocycles. The second-order valence-corrected chi connectivity index (χ2v) is 4.07. The van der Waals surface area contributed by atoms with Crippen LogP contribution in [0.2, 0.25) is 0 Å². The lowest BCUT2D eigenvalue weighted by Crippen LogP contribution is -2.44. The molecule has 1 unspecified atom stereocenters. The van der Waals surface area contributed by atoms with Crippen molar-refractivity contribution in [1.29, 1.82) is 0 Å². The molecule has 0 fully saturated rings. The van der Waals surface area contributed by atoms with Gasteiger partial charge in [-0.3, -0.25) is 4.79 Å². The van der Waals surface area contributed by atoms with Crippen molar-refractivity contribution in [2.45, 2.75) is 19.0 Å². The number of benzene rings is 1. The Labute approximate surface area is 107 Å². The van der Waals surface area contributed by atoms with Gasteiger partial charge in [0.05, 0.1) is 19.8 Å². The first kappa shape index (κ1) is 14.5. The molecule has 0 heterocycles. The maximum Gasteiger partial charge on any atom is 0.239 e. The minimum Gasteiger partial charge on any atom is -0.497 e. The molecule has 1 amide bonds. The molecule has 0 saturated heterocycles. The van der Waals surface area contributed by atoms with E-state index in [0.29, 0.717) is 0 Å². The number of nitrogens with two attached hydrogens (primary N) is 1. The van der Waals surface area contributed by atoms with Crippen LogP contribution in [0.3, 0.4) is 0 Å². The number of nitrogens with one attached hydrogen (secondary N) is 1. The Hall–Kier alpha value is -1.59. The van der Waals surface area contributed by atoms with Crippen LogP contribution in [0.5, 0.6) is 5.75 Å². The Morgan fingerprint density at radius 1 is 1.33 bits per heavy atom. The first-order valence-electron chi connectivity index (χ1n) is 5.77. The molecule has 18 heavy (non-hydrogen) atoms. The quantitative estimate of drug-likeness (QED) is 0.787. The summed E-state index contributed by atoms with van der Waals surface area (Å²) < 4.78 is 9.92. The summed E-state index contributed by atoms with van der Waals surface area (Å²) in [5.41, 5.74) is 6.64. The fraction of sp³-hybridized carbons (Fsp3) is 0.462. The van der Waals surface area contributed by atoms with Gasteiger partial charge in [-0.05, 0) is 24.6 Å². The number of carbonyl (C=O) groups is 1. The Balaban J connectivity index is 2.58. The Bertz CT molecular complexity index is 378. The van der Waals surface area contributed by atoms with Crippen molar-refractivity contribution >= 4 is 5.91 Å².